The van der Waals surface area contributed by atoms with Crippen LogP contribution in [0, 0.1) is 5.92 Å². The van der Waals surface area contributed by atoms with Crippen molar-refractivity contribution in [2.24, 2.45) is 11.7 Å². The molecule has 0 bridgehead atoms. The summed E-state index contributed by atoms with van der Waals surface area (Å²) in [5, 5.41) is 2.79. The summed E-state index contributed by atoms with van der Waals surface area (Å²) in [5.41, 5.74) is 5.56. The molecule has 1 aliphatic rings. The zero-order chi connectivity index (χ0) is 18.4. The first-order valence-corrected chi connectivity index (χ1v) is 9.88. The predicted octanol–water partition coefficient (Wildman–Crippen LogP) is 0.551. The molecule has 1 saturated heterocycles. The second kappa shape index (κ2) is 8.30. The van der Waals surface area contributed by atoms with Crippen molar-refractivity contribution in [3.63, 3.8) is 0 Å². The van der Waals surface area contributed by atoms with Gasteiger partial charge in [-0.1, -0.05) is 12.1 Å². The molecule has 2 rings (SSSR count). The molecule has 8 nitrogen and oxygen atoms in total. The minimum absolute atomic E-state index is 0.0776. The number of amides is 2. The van der Waals surface area contributed by atoms with Gasteiger partial charge < -0.3 is 15.8 Å². The number of nitrogens with one attached hydrogen (secondary N) is 1. The quantitative estimate of drug-likeness (QED) is 0.727. The van der Waals surface area contributed by atoms with Crippen LogP contribution in [0.5, 0.6) is 5.75 Å². The summed E-state index contributed by atoms with van der Waals surface area (Å²) in [6.07, 6.45) is 2.49. The molecule has 3 N–H and O–H groups in total. The predicted molar refractivity (Wildman–Crippen MR) is 93.5 cm³/mol. The first-order chi connectivity index (χ1) is 11.8. The third kappa shape index (κ3) is 5.71. The Morgan fingerprint density at radius 3 is 2.76 bits per heavy atom. The molecule has 0 radical (unpaired) electrons. The van der Waals surface area contributed by atoms with E-state index in [0.29, 0.717) is 30.8 Å². The van der Waals surface area contributed by atoms with E-state index in [1.807, 2.05) is 0 Å². The summed E-state index contributed by atoms with van der Waals surface area (Å²) >= 11 is 0. The summed E-state index contributed by atoms with van der Waals surface area (Å²) in [5.74, 6) is -0.695. The van der Waals surface area contributed by atoms with E-state index in [0.717, 1.165) is 6.26 Å². The highest BCUT2D eigenvalue weighted by Gasteiger charge is 2.30. The van der Waals surface area contributed by atoms with Gasteiger partial charge in [0.1, 0.15) is 5.75 Å². The fraction of sp³-hybridized carbons (Fsp3) is 0.500. The molecule has 1 fully saturated rings. The Hall–Kier alpha value is -2.13. The minimum Gasteiger partial charge on any atom is -0.491 e. The van der Waals surface area contributed by atoms with Crippen LogP contribution in [0.2, 0.25) is 0 Å². The number of piperidine rings is 1. The molecule has 0 aromatic heterocycles. The van der Waals surface area contributed by atoms with E-state index in [4.69, 9.17) is 10.5 Å². The van der Waals surface area contributed by atoms with Gasteiger partial charge >= 0.3 is 0 Å². The van der Waals surface area contributed by atoms with E-state index in [9.17, 15) is 18.0 Å². The Morgan fingerprint density at radius 2 is 2.08 bits per heavy atom. The van der Waals surface area contributed by atoms with Crippen molar-refractivity contribution in [3.05, 3.63) is 24.3 Å². The molecular formula is C16H23N3O5S. The number of primary amides is 1. The van der Waals surface area contributed by atoms with Gasteiger partial charge in [0.15, 0.2) is 0 Å². The second-order valence-corrected chi connectivity index (χ2v) is 7.99. The van der Waals surface area contributed by atoms with Gasteiger partial charge in [-0.15, -0.1) is 0 Å². The van der Waals surface area contributed by atoms with Crippen molar-refractivity contribution < 1.29 is 22.7 Å². The average Bonchev–Trinajstić information content (AvgIpc) is 2.55. The number of anilines is 1. The van der Waals surface area contributed by atoms with Gasteiger partial charge in [-0.3, -0.25) is 9.59 Å². The highest BCUT2D eigenvalue weighted by molar-refractivity contribution is 7.88. The Morgan fingerprint density at radius 1 is 1.36 bits per heavy atom. The topological polar surface area (TPSA) is 119 Å². The molecule has 1 heterocycles. The van der Waals surface area contributed by atoms with Crippen molar-refractivity contribution in [1.82, 2.24) is 4.31 Å². The Labute approximate surface area is 147 Å². The number of carbonyl (C=O) groups is 2. The van der Waals surface area contributed by atoms with E-state index in [-0.39, 0.29) is 25.5 Å². The fourth-order valence-electron chi connectivity index (χ4n) is 2.65. The summed E-state index contributed by atoms with van der Waals surface area (Å²) in [6.45, 7) is 0.734. The van der Waals surface area contributed by atoms with E-state index in [1.165, 1.54) is 4.31 Å². The number of para-hydroxylation sites is 2. The largest absolute Gasteiger partial charge is 0.491 e. The number of sulfonamides is 1. The first-order valence-electron chi connectivity index (χ1n) is 8.03. The molecule has 2 amide bonds. The number of hydrogen-bond donors (Lipinski definition) is 2. The summed E-state index contributed by atoms with van der Waals surface area (Å²) < 4.78 is 30.2. The van der Waals surface area contributed by atoms with Gasteiger partial charge in [-0.2, -0.15) is 0 Å². The van der Waals surface area contributed by atoms with Crippen molar-refractivity contribution >= 4 is 27.5 Å². The van der Waals surface area contributed by atoms with Crippen LogP contribution < -0.4 is 15.8 Å². The van der Waals surface area contributed by atoms with Gasteiger partial charge in [-0.05, 0) is 25.0 Å². The van der Waals surface area contributed by atoms with Gasteiger partial charge in [-0.25, -0.2) is 12.7 Å². The highest BCUT2D eigenvalue weighted by atomic mass is 32.2. The lowest BCUT2D eigenvalue weighted by atomic mass is 9.98. The molecule has 1 aliphatic heterocycles. The maximum absolute atomic E-state index is 12.5. The number of benzene rings is 1. The van der Waals surface area contributed by atoms with Crippen LogP contribution in [0.3, 0.4) is 0 Å². The van der Waals surface area contributed by atoms with Crippen molar-refractivity contribution in [1.29, 1.82) is 0 Å². The van der Waals surface area contributed by atoms with E-state index in [1.54, 1.807) is 24.3 Å². The summed E-state index contributed by atoms with van der Waals surface area (Å²) in [7, 11) is -3.31. The Balaban J connectivity index is 2.01. The molecule has 9 heteroatoms. The van der Waals surface area contributed by atoms with Crippen LogP contribution in [-0.4, -0.2) is 50.5 Å². The van der Waals surface area contributed by atoms with E-state index in [2.05, 4.69) is 5.32 Å². The number of hydrogen-bond acceptors (Lipinski definition) is 5. The molecule has 0 aliphatic carbocycles. The number of carbonyl (C=O) groups excluding carboxylic acids is 2. The van der Waals surface area contributed by atoms with Crippen LogP contribution in [0.25, 0.3) is 0 Å². The number of nitrogens with two attached hydrogens (primary N) is 1. The van der Waals surface area contributed by atoms with Crippen LogP contribution in [-0.2, 0) is 19.6 Å². The SMILES string of the molecule is CS(=O)(=O)N1CCCC(C(=O)Nc2ccccc2OCCC(N)=O)C1. The zero-order valence-electron chi connectivity index (χ0n) is 14.1. The van der Waals surface area contributed by atoms with Gasteiger partial charge in [0.05, 0.1) is 30.9 Å². The van der Waals surface area contributed by atoms with Gasteiger partial charge in [0.2, 0.25) is 21.8 Å². The molecule has 138 valence electrons. The number of rotatable bonds is 7. The number of nitrogens with zero attached hydrogens (tertiary/aromatic N) is 1. The lowest BCUT2D eigenvalue weighted by Crippen LogP contribution is -2.43. The lowest BCUT2D eigenvalue weighted by molar-refractivity contribution is -0.121. The molecule has 0 saturated carbocycles. The molecule has 1 unspecified atom stereocenters. The highest BCUT2D eigenvalue weighted by Crippen LogP contribution is 2.26. The number of ether oxygens (including phenoxy) is 1. The molecule has 1 aromatic rings. The maximum Gasteiger partial charge on any atom is 0.228 e. The van der Waals surface area contributed by atoms with Crippen molar-refractivity contribution in [3.8, 4) is 5.75 Å². The van der Waals surface area contributed by atoms with Crippen molar-refractivity contribution in [2.45, 2.75) is 19.3 Å². The van der Waals surface area contributed by atoms with Crippen molar-refractivity contribution in [2.75, 3.05) is 31.3 Å². The lowest BCUT2D eigenvalue weighted by Gasteiger charge is -2.30. The van der Waals surface area contributed by atoms with E-state index < -0.39 is 21.8 Å². The molecule has 1 aromatic carbocycles. The van der Waals surface area contributed by atoms with Gasteiger partial charge in [0.25, 0.3) is 0 Å². The molecule has 1 atom stereocenters. The zero-order valence-corrected chi connectivity index (χ0v) is 14.9. The standard InChI is InChI=1S/C16H23N3O5S/c1-25(22,23)19-9-4-5-12(11-19)16(21)18-13-6-2-3-7-14(13)24-10-8-15(17)20/h2-3,6-7,12H,4-5,8-11H2,1H3,(H2,17,20)(H,18,21). The maximum atomic E-state index is 12.5. The molecular weight excluding hydrogens is 346 g/mol. The van der Waals surface area contributed by atoms with Crippen LogP contribution in [0.15, 0.2) is 24.3 Å². The summed E-state index contributed by atoms with van der Waals surface area (Å²) in [4.78, 5) is 23.3. The third-order valence-electron chi connectivity index (χ3n) is 3.97. The smallest absolute Gasteiger partial charge is 0.228 e. The first kappa shape index (κ1) is 19.2. The van der Waals surface area contributed by atoms with Crippen LogP contribution in [0.1, 0.15) is 19.3 Å². The van der Waals surface area contributed by atoms with Gasteiger partial charge in [0, 0.05) is 13.1 Å². The molecule has 25 heavy (non-hydrogen) atoms. The Kier molecular flexibility index (Phi) is 6.38. The van der Waals surface area contributed by atoms with E-state index >= 15 is 0 Å². The van der Waals surface area contributed by atoms with Crippen LogP contribution in [0.4, 0.5) is 5.69 Å². The molecule has 0 spiro atoms. The third-order valence-corrected chi connectivity index (χ3v) is 5.24. The minimum atomic E-state index is -3.31. The Bertz CT molecular complexity index is 735. The van der Waals surface area contributed by atoms with Crippen LogP contribution >= 0.6 is 0 Å². The average molecular weight is 369 g/mol. The summed E-state index contributed by atoms with van der Waals surface area (Å²) in [6, 6.07) is 6.87. The second-order valence-electron chi connectivity index (χ2n) is 6.01. The normalized spacial score (nSPS) is 18.5. The fourth-order valence-corrected chi connectivity index (χ4v) is 3.56. The monoisotopic (exact) mass is 369 g/mol.